The summed E-state index contributed by atoms with van der Waals surface area (Å²) in [6.07, 6.45) is 1.38. The molecule has 0 saturated carbocycles. The summed E-state index contributed by atoms with van der Waals surface area (Å²) in [5, 5.41) is 3.93. The molecule has 0 fully saturated rings. The van der Waals surface area contributed by atoms with Crippen LogP contribution in [-0.2, 0) is 23.1 Å². The number of hydrogen-bond acceptors (Lipinski definition) is 5. The van der Waals surface area contributed by atoms with E-state index in [0.29, 0.717) is 17.1 Å². The van der Waals surface area contributed by atoms with E-state index in [-0.39, 0.29) is 23.9 Å². The molecule has 4 rings (SSSR count). The molecule has 0 aliphatic carbocycles. The maximum atomic E-state index is 13.5. The third-order valence-corrected chi connectivity index (χ3v) is 7.07. The Kier molecular flexibility index (Phi) is 7.54. The van der Waals surface area contributed by atoms with Crippen molar-refractivity contribution in [2.24, 2.45) is 5.10 Å². The van der Waals surface area contributed by atoms with Crippen LogP contribution >= 0.6 is 0 Å². The number of aryl methyl sites for hydroxylation is 1. The summed E-state index contributed by atoms with van der Waals surface area (Å²) in [7, 11) is -3.78. The van der Waals surface area contributed by atoms with Crippen LogP contribution in [0.3, 0.4) is 0 Å². The number of benzene rings is 3. The first kappa shape index (κ1) is 24.1. The van der Waals surface area contributed by atoms with Crippen molar-refractivity contribution in [3.8, 4) is 0 Å². The fraction of sp³-hybridized carbons (Fsp3) is 0.111. The number of hydrazone groups is 1. The zero-order chi connectivity index (χ0) is 24.7. The Bertz CT molecular complexity index is 1400. The van der Waals surface area contributed by atoms with Gasteiger partial charge in [-0.05, 0) is 48.9 Å². The molecule has 0 atom stereocenters. The van der Waals surface area contributed by atoms with Crippen molar-refractivity contribution in [3.05, 3.63) is 125 Å². The van der Waals surface area contributed by atoms with Gasteiger partial charge in [-0.3, -0.25) is 4.79 Å². The van der Waals surface area contributed by atoms with Crippen molar-refractivity contribution in [2.75, 3.05) is 0 Å². The van der Waals surface area contributed by atoms with E-state index >= 15 is 0 Å². The Morgan fingerprint density at radius 3 is 2.23 bits per heavy atom. The zero-order valence-electron chi connectivity index (χ0n) is 19.2. The van der Waals surface area contributed by atoms with Crippen LogP contribution in [0.1, 0.15) is 33.0 Å². The van der Waals surface area contributed by atoms with Gasteiger partial charge in [-0.15, -0.1) is 0 Å². The first-order chi connectivity index (χ1) is 16.9. The second-order valence-electron chi connectivity index (χ2n) is 7.94. The first-order valence-corrected chi connectivity index (χ1v) is 12.4. The van der Waals surface area contributed by atoms with Crippen LogP contribution in [-0.4, -0.2) is 24.8 Å². The van der Waals surface area contributed by atoms with E-state index in [0.717, 1.165) is 11.1 Å². The number of hydrogen-bond donors (Lipinski definition) is 1. The molecule has 0 unspecified atom stereocenters. The van der Waals surface area contributed by atoms with Crippen LogP contribution in [0, 0.1) is 6.92 Å². The molecule has 0 spiro atoms. The number of rotatable bonds is 9. The normalized spacial score (nSPS) is 11.7. The van der Waals surface area contributed by atoms with Crippen molar-refractivity contribution in [1.82, 2.24) is 9.73 Å². The van der Waals surface area contributed by atoms with E-state index in [1.54, 1.807) is 60.7 Å². The molecule has 1 amide bonds. The first-order valence-electron chi connectivity index (χ1n) is 11.0. The van der Waals surface area contributed by atoms with Crippen LogP contribution < -0.4 is 5.43 Å². The van der Waals surface area contributed by atoms with E-state index in [9.17, 15) is 13.2 Å². The highest BCUT2D eigenvalue weighted by Gasteiger charge is 2.26. The molecule has 0 saturated heterocycles. The van der Waals surface area contributed by atoms with Crippen molar-refractivity contribution in [2.45, 2.75) is 24.9 Å². The maximum absolute atomic E-state index is 13.5. The minimum absolute atomic E-state index is 0.0370. The SMILES string of the molecule is Cc1ccc(S(=O)(=O)N(Cc2ccccc2)Cc2ccc(/C=N\NC(=O)c3ccccc3)o2)cc1. The highest BCUT2D eigenvalue weighted by Crippen LogP contribution is 2.22. The molecule has 1 N–H and O–H groups in total. The Hall–Kier alpha value is -4.01. The van der Waals surface area contributed by atoms with Gasteiger partial charge in [0, 0.05) is 12.1 Å². The quantitative estimate of drug-likeness (QED) is 0.273. The fourth-order valence-electron chi connectivity index (χ4n) is 3.40. The van der Waals surface area contributed by atoms with Crippen LogP contribution in [0.15, 0.2) is 111 Å². The number of carbonyl (C=O) groups excluding carboxylic acids is 1. The maximum Gasteiger partial charge on any atom is 0.271 e. The molecule has 0 radical (unpaired) electrons. The topological polar surface area (TPSA) is 92.0 Å². The number of furan rings is 1. The minimum Gasteiger partial charge on any atom is -0.459 e. The molecule has 0 bridgehead atoms. The predicted octanol–water partition coefficient (Wildman–Crippen LogP) is 4.74. The third kappa shape index (κ3) is 6.32. The third-order valence-electron chi connectivity index (χ3n) is 5.27. The van der Waals surface area contributed by atoms with Gasteiger partial charge >= 0.3 is 0 Å². The second-order valence-corrected chi connectivity index (χ2v) is 9.88. The highest BCUT2D eigenvalue weighted by atomic mass is 32.2. The van der Waals surface area contributed by atoms with Gasteiger partial charge in [-0.2, -0.15) is 9.41 Å². The van der Waals surface area contributed by atoms with Crippen LogP contribution in [0.2, 0.25) is 0 Å². The second kappa shape index (κ2) is 10.9. The van der Waals surface area contributed by atoms with E-state index in [4.69, 9.17) is 4.42 Å². The Morgan fingerprint density at radius 1 is 0.886 bits per heavy atom. The van der Waals surface area contributed by atoms with Gasteiger partial charge in [-0.1, -0.05) is 66.2 Å². The van der Waals surface area contributed by atoms with E-state index < -0.39 is 10.0 Å². The lowest BCUT2D eigenvalue weighted by molar-refractivity contribution is 0.0955. The molecule has 35 heavy (non-hydrogen) atoms. The number of nitrogens with zero attached hydrogens (tertiary/aromatic N) is 2. The van der Waals surface area contributed by atoms with Crippen LogP contribution in [0.4, 0.5) is 0 Å². The molecular formula is C27H25N3O4S. The van der Waals surface area contributed by atoms with Crippen LogP contribution in [0.25, 0.3) is 0 Å². The summed E-state index contributed by atoms with van der Waals surface area (Å²) < 4.78 is 34.1. The van der Waals surface area contributed by atoms with Gasteiger partial charge in [0.15, 0.2) is 0 Å². The minimum atomic E-state index is -3.78. The number of sulfonamides is 1. The van der Waals surface area contributed by atoms with Gasteiger partial charge < -0.3 is 4.42 Å². The molecule has 7 nitrogen and oxygen atoms in total. The van der Waals surface area contributed by atoms with E-state index in [1.807, 2.05) is 43.3 Å². The molecule has 8 heteroatoms. The Morgan fingerprint density at radius 2 is 1.54 bits per heavy atom. The Balaban J connectivity index is 1.50. The summed E-state index contributed by atoms with van der Waals surface area (Å²) >= 11 is 0. The average Bonchev–Trinajstić information content (AvgIpc) is 3.32. The molecule has 3 aromatic carbocycles. The molecular weight excluding hydrogens is 462 g/mol. The zero-order valence-corrected chi connectivity index (χ0v) is 20.0. The lowest BCUT2D eigenvalue weighted by Crippen LogP contribution is -2.30. The lowest BCUT2D eigenvalue weighted by Gasteiger charge is -2.21. The number of carbonyl (C=O) groups is 1. The smallest absolute Gasteiger partial charge is 0.271 e. The summed E-state index contributed by atoms with van der Waals surface area (Å²) in [6.45, 7) is 2.13. The fourth-order valence-corrected chi connectivity index (χ4v) is 4.80. The number of nitrogens with one attached hydrogen (secondary N) is 1. The molecule has 0 aliphatic rings. The molecule has 4 aromatic rings. The predicted molar refractivity (Wildman–Crippen MR) is 134 cm³/mol. The Labute approximate surface area is 204 Å². The summed E-state index contributed by atoms with van der Waals surface area (Å²) in [6, 6.07) is 28.3. The molecule has 1 aromatic heterocycles. The summed E-state index contributed by atoms with van der Waals surface area (Å²) in [5.41, 5.74) is 4.77. The summed E-state index contributed by atoms with van der Waals surface area (Å²) in [4.78, 5) is 12.3. The number of amides is 1. The van der Waals surface area contributed by atoms with Crippen molar-refractivity contribution in [1.29, 1.82) is 0 Å². The molecule has 0 aliphatic heterocycles. The average molecular weight is 488 g/mol. The van der Waals surface area contributed by atoms with Crippen LogP contribution in [0.5, 0.6) is 0 Å². The van der Waals surface area contributed by atoms with Gasteiger partial charge in [-0.25, -0.2) is 13.8 Å². The van der Waals surface area contributed by atoms with Gasteiger partial charge in [0.05, 0.1) is 17.7 Å². The summed E-state index contributed by atoms with van der Waals surface area (Å²) in [5.74, 6) is 0.500. The standard InChI is InChI=1S/C27H25N3O4S/c1-21-12-16-26(17-13-21)35(32,33)30(19-22-8-4-2-5-9-22)20-25-15-14-24(34-25)18-28-29-27(31)23-10-6-3-7-11-23/h2-18H,19-20H2,1H3,(H,29,31)/b28-18-. The van der Waals surface area contributed by atoms with Crippen molar-refractivity contribution >= 4 is 22.1 Å². The molecule has 1 heterocycles. The van der Waals surface area contributed by atoms with Gasteiger partial charge in [0.2, 0.25) is 10.0 Å². The van der Waals surface area contributed by atoms with E-state index in [1.165, 1.54) is 10.5 Å². The van der Waals surface area contributed by atoms with Gasteiger partial charge in [0.25, 0.3) is 5.91 Å². The highest BCUT2D eigenvalue weighted by molar-refractivity contribution is 7.89. The van der Waals surface area contributed by atoms with Crippen molar-refractivity contribution in [3.63, 3.8) is 0 Å². The van der Waals surface area contributed by atoms with Crippen molar-refractivity contribution < 1.29 is 17.6 Å². The largest absolute Gasteiger partial charge is 0.459 e. The van der Waals surface area contributed by atoms with E-state index in [2.05, 4.69) is 10.5 Å². The monoisotopic (exact) mass is 487 g/mol. The lowest BCUT2D eigenvalue weighted by atomic mass is 10.2. The molecule has 178 valence electrons. The van der Waals surface area contributed by atoms with Gasteiger partial charge in [0.1, 0.15) is 11.5 Å².